The smallest absolute Gasteiger partial charge is 0.233 e. The van der Waals surface area contributed by atoms with E-state index in [2.05, 4.69) is 32.7 Å². The summed E-state index contributed by atoms with van der Waals surface area (Å²) in [6.45, 7) is 5.18. The van der Waals surface area contributed by atoms with Crippen LogP contribution in [0.4, 0.5) is 0 Å². The molecule has 4 unspecified atom stereocenters. The van der Waals surface area contributed by atoms with Crippen molar-refractivity contribution in [1.29, 1.82) is 0 Å². The van der Waals surface area contributed by atoms with Gasteiger partial charge in [0.1, 0.15) is 0 Å². The van der Waals surface area contributed by atoms with Crippen molar-refractivity contribution in [1.82, 2.24) is 20.4 Å². The highest BCUT2D eigenvalue weighted by molar-refractivity contribution is 14.0. The lowest BCUT2D eigenvalue weighted by molar-refractivity contribution is -0.140. The molecular formula is C21H34IN5O2. The topological polar surface area (TPSA) is 77.0 Å². The minimum absolute atomic E-state index is 0. The van der Waals surface area contributed by atoms with Crippen LogP contribution in [0.2, 0.25) is 0 Å². The summed E-state index contributed by atoms with van der Waals surface area (Å²) in [6, 6.07) is 0. The predicted octanol–water partition coefficient (Wildman–Crippen LogP) is 1.45. The number of allylic oxidation sites excluding steroid dienone is 2. The summed E-state index contributed by atoms with van der Waals surface area (Å²) in [4.78, 5) is 33.6. The Kier molecular flexibility index (Phi) is 7.95. The largest absolute Gasteiger partial charge is 0.355 e. The van der Waals surface area contributed by atoms with Gasteiger partial charge >= 0.3 is 0 Å². The first kappa shape index (κ1) is 22.5. The normalized spacial score (nSPS) is 31.6. The van der Waals surface area contributed by atoms with E-state index < -0.39 is 0 Å². The van der Waals surface area contributed by atoms with Gasteiger partial charge in [-0.1, -0.05) is 25.0 Å². The first-order valence-electron chi connectivity index (χ1n) is 10.9. The predicted molar refractivity (Wildman–Crippen MR) is 124 cm³/mol. The SMILES string of the molecule is CN=C(NCCN1CCCCCC1)NCCN1C(=O)C2C3C=CC(C3)C2C1=O.I. The Balaban J connectivity index is 0.00000240. The van der Waals surface area contributed by atoms with Crippen molar-refractivity contribution in [2.24, 2.45) is 28.7 Å². The molecule has 4 aliphatic rings. The van der Waals surface area contributed by atoms with Crippen LogP contribution in [-0.4, -0.2) is 73.9 Å². The Hall–Kier alpha value is -1.16. The number of aliphatic imine (C=N–C) groups is 1. The summed E-state index contributed by atoms with van der Waals surface area (Å²) in [6.07, 6.45) is 10.5. The molecule has 0 aromatic carbocycles. The fraction of sp³-hybridized carbons (Fsp3) is 0.762. The number of amides is 2. The van der Waals surface area contributed by atoms with Crippen LogP contribution < -0.4 is 10.6 Å². The van der Waals surface area contributed by atoms with E-state index in [1.54, 1.807) is 7.05 Å². The lowest BCUT2D eigenvalue weighted by Gasteiger charge is -2.21. The van der Waals surface area contributed by atoms with E-state index in [4.69, 9.17) is 0 Å². The zero-order chi connectivity index (χ0) is 19.5. The van der Waals surface area contributed by atoms with Crippen LogP contribution >= 0.6 is 24.0 Å². The van der Waals surface area contributed by atoms with Crippen molar-refractivity contribution in [3.8, 4) is 0 Å². The number of rotatable bonds is 6. The number of halogens is 1. The summed E-state index contributed by atoms with van der Waals surface area (Å²) < 4.78 is 0. The first-order valence-corrected chi connectivity index (χ1v) is 10.9. The standard InChI is InChI=1S/C21H33N5O2.HI/c1-22-21(23-8-12-25-10-4-2-3-5-11-25)24-9-13-26-19(27)17-15-6-7-16(14-15)18(17)20(26)28;/h6-7,15-18H,2-5,8-14H2,1H3,(H2,22,23,24);1H. The molecular weight excluding hydrogens is 481 g/mol. The summed E-state index contributed by atoms with van der Waals surface area (Å²) in [7, 11) is 1.75. The van der Waals surface area contributed by atoms with Gasteiger partial charge in [-0.15, -0.1) is 24.0 Å². The fourth-order valence-corrected chi connectivity index (χ4v) is 5.38. The van der Waals surface area contributed by atoms with Gasteiger partial charge in [-0.3, -0.25) is 19.5 Å². The Morgan fingerprint density at radius 1 is 0.966 bits per heavy atom. The van der Waals surface area contributed by atoms with Gasteiger partial charge < -0.3 is 15.5 Å². The molecule has 2 amide bonds. The lowest BCUT2D eigenvalue weighted by Crippen LogP contribution is -2.45. The number of fused-ring (bicyclic) bond motifs is 5. The molecule has 0 spiro atoms. The van der Waals surface area contributed by atoms with Gasteiger partial charge in [0.05, 0.1) is 11.8 Å². The monoisotopic (exact) mass is 515 g/mol. The van der Waals surface area contributed by atoms with E-state index in [1.807, 2.05) is 0 Å². The minimum atomic E-state index is -0.103. The van der Waals surface area contributed by atoms with Gasteiger partial charge in [0, 0.05) is 33.2 Å². The molecule has 2 N–H and O–H groups in total. The van der Waals surface area contributed by atoms with Crippen LogP contribution in [0.5, 0.6) is 0 Å². The number of imide groups is 1. The van der Waals surface area contributed by atoms with Crippen molar-refractivity contribution in [3.63, 3.8) is 0 Å². The van der Waals surface area contributed by atoms with Gasteiger partial charge in [-0.25, -0.2) is 0 Å². The number of guanidine groups is 1. The maximum atomic E-state index is 12.7. The van der Waals surface area contributed by atoms with Gasteiger partial charge in [-0.05, 0) is 44.2 Å². The maximum Gasteiger partial charge on any atom is 0.233 e. The Bertz CT molecular complexity index is 629. The second kappa shape index (κ2) is 10.2. The molecule has 162 valence electrons. The zero-order valence-corrected chi connectivity index (χ0v) is 19.6. The van der Waals surface area contributed by atoms with Crippen LogP contribution in [0, 0.1) is 23.7 Å². The molecule has 4 rings (SSSR count). The van der Waals surface area contributed by atoms with E-state index in [1.165, 1.54) is 43.7 Å². The molecule has 2 saturated heterocycles. The number of hydrogen-bond donors (Lipinski definition) is 2. The molecule has 7 nitrogen and oxygen atoms in total. The molecule has 0 radical (unpaired) electrons. The quantitative estimate of drug-likeness (QED) is 0.184. The van der Waals surface area contributed by atoms with Gasteiger partial charge in [0.15, 0.2) is 5.96 Å². The van der Waals surface area contributed by atoms with Crippen molar-refractivity contribution < 1.29 is 9.59 Å². The highest BCUT2D eigenvalue weighted by Gasteiger charge is 2.58. The zero-order valence-electron chi connectivity index (χ0n) is 17.3. The molecule has 4 atom stereocenters. The molecule has 8 heteroatoms. The van der Waals surface area contributed by atoms with Gasteiger partial charge in [0.2, 0.25) is 11.8 Å². The summed E-state index contributed by atoms with van der Waals surface area (Å²) in [5.41, 5.74) is 0. The molecule has 0 aromatic rings. The molecule has 29 heavy (non-hydrogen) atoms. The van der Waals surface area contributed by atoms with Crippen molar-refractivity contribution in [2.75, 3.05) is 46.3 Å². The Morgan fingerprint density at radius 2 is 1.52 bits per heavy atom. The second-order valence-corrected chi connectivity index (χ2v) is 8.51. The number of nitrogens with zero attached hydrogens (tertiary/aromatic N) is 3. The molecule has 2 aliphatic carbocycles. The number of nitrogens with one attached hydrogen (secondary N) is 2. The van der Waals surface area contributed by atoms with Crippen molar-refractivity contribution >= 4 is 41.8 Å². The van der Waals surface area contributed by atoms with Crippen LogP contribution in [0.3, 0.4) is 0 Å². The Labute approximate surface area is 190 Å². The molecule has 2 aliphatic heterocycles. The first-order chi connectivity index (χ1) is 13.7. The fourth-order valence-electron chi connectivity index (χ4n) is 5.38. The molecule has 0 aromatic heterocycles. The summed E-state index contributed by atoms with van der Waals surface area (Å²) in [5.74, 6) is 1.13. The summed E-state index contributed by atoms with van der Waals surface area (Å²) >= 11 is 0. The molecule has 3 fully saturated rings. The average Bonchev–Trinajstić information content (AvgIpc) is 3.30. The molecule has 2 bridgehead atoms. The summed E-state index contributed by atoms with van der Waals surface area (Å²) in [5, 5.41) is 6.60. The highest BCUT2D eigenvalue weighted by Crippen LogP contribution is 2.52. The third kappa shape index (κ3) is 4.78. The highest BCUT2D eigenvalue weighted by atomic mass is 127. The number of carbonyl (C=O) groups is 2. The number of hydrogen-bond acceptors (Lipinski definition) is 4. The van der Waals surface area contributed by atoms with Crippen molar-refractivity contribution in [2.45, 2.75) is 32.1 Å². The molecule has 2 heterocycles. The van der Waals surface area contributed by atoms with E-state index >= 15 is 0 Å². The van der Waals surface area contributed by atoms with E-state index in [-0.39, 0.29) is 59.5 Å². The lowest BCUT2D eigenvalue weighted by atomic mass is 9.85. The van der Waals surface area contributed by atoms with Crippen LogP contribution in [0.25, 0.3) is 0 Å². The minimum Gasteiger partial charge on any atom is -0.355 e. The average molecular weight is 515 g/mol. The van der Waals surface area contributed by atoms with Crippen molar-refractivity contribution in [3.05, 3.63) is 12.2 Å². The third-order valence-electron chi connectivity index (χ3n) is 6.83. The van der Waals surface area contributed by atoms with Gasteiger partial charge in [-0.2, -0.15) is 0 Å². The van der Waals surface area contributed by atoms with Crippen LogP contribution in [0.1, 0.15) is 32.1 Å². The van der Waals surface area contributed by atoms with Gasteiger partial charge in [0.25, 0.3) is 0 Å². The molecule has 1 saturated carbocycles. The van der Waals surface area contributed by atoms with Crippen LogP contribution in [-0.2, 0) is 9.59 Å². The van der Waals surface area contributed by atoms with E-state index in [9.17, 15) is 9.59 Å². The maximum absolute atomic E-state index is 12.7. The Morgan fingerprint density at radius 3 is 2.07 bits per heavy atom. The van der Waals surface area contributed by atoms with E-state index in [0.717, 1.165) is 25.5 Å². The second-order valence-electron chi connectivity index (χ2n) is 8.51. The number of carbonyl (C=O) groups excluding carboxylic acids is 2. The third-order valence-corrected chi connectivity index (χ3v) is 6.83. The number of likely N-dealkylation sites (tertiary alicyclic amines) is 2. The van der Waals surface area contributed by atoms with E-state index in [0.29, 0.717) is 13.1 Å². The van der Waals surface area contributed by atoms with Crippen LogP contribution in [0.15, 0.2) is 17.1 Å².